The van der Waals surface area contributed by atoms with E-state index in [9.17, 15) is 4.79 Å². The summed E-state index contributed by atoms with van der Waals surface area (Å²) in [6.45, 7) is 5.12. The van der Waals surface area contributed by atoms with Crippen LogP contribution in [0.1, 0.15) is 43.6 Å². The highest BCUT2D eigenvalue weighted by Crippen LogP contribution is 2.12. The molecule has 0 fully saturated rings. The number of nitrogens with zero attached hydrogens (tertiary/aromatic N) is 1. The molecule has 0 amide bonds. The van der Waals surface area contributed by atoms with Crippen molar-refractivity contribution < 1.29 is 14.3 Å². The quantitative estimate of drug-likeness (QED) is 0.540. The Bertz CT molecular complexity index is 352. The molecule has 0 N–H and O–H groups in total. The van der Waals surface area contributed by atoms with Crippen LogP contribution in [-0.4, -0.2) is 24.2 Å². The number of ether oxygens (including phenoxy) is 2. The van der Waals surface area contributed by atoms with Crippen LogP contribution in [0.4, 0.5) is 0 Å². The number of esters is 1. The molecular formula is C13H19NO3. The van der Waals surface area contributed by atoms with Gasteiger partial charge in [-0.2, -0.15) is 0 Å². The Morgan fingerprint density at radius 1 is 1.29 bits per heavy atom. The number of rotatable bonds is 7. The van der Waals surface area contributed by atoms with Gasteiger partial charge in [-0.05, 0) is 18.9 Å². The van der Waals surface area contributed by atoms with E-state index in [2.05, 4.69) is 11.9 Å². The molecule has 0 aromatic carbocycles. The first-order valence-corrected chi connectivity index (χ1v) is 6.04. The molecule has 1 rings (SSSR count). The predicted octanol–water partition coefficient (Wildman–Crippen LogP) is 2.83. The lowest BCUT2D eigenvalue weighted by molar-refractivity contribution is 0.0497. The second kappa shape index (κ2) is 7.65. The van der Waals surface area contributed by atoms with Crippen LogP contribution >= 0.6 is 0 Å². The van der Waals surface area contributed by atoms with Crippen LogP contribution in [-0.2, 0) is 4.74 Å². The van der Waals surface area contributed by atoms with Crippen LogP contribution in [0.2, 0.25) is 0 Å². The van der Waals surface area contributed by atoms with Crippen molar-refractivity contribution in [1.82, 2.24) is 4.98 Å². The van der Waals surface area contributed by atoms with E-state index in [0.29, 0.717) is 24.7 Å². The van der Waals surface area contributed by atoms with Crippen molar-refractivity contribution in [2.45, 2.75) is 33.1 Å². The van der Waals surface area contributed by atoms with Crippen LogP contribution in [0.15, 0.2) is 18.3 Å². The van der Waals surface area contributed by atoms with Gasteiger partial charge in [-0.1, -0.05) is 20.3 Å². The predicted molar refractivity (Wildman–Crippen MR) is 65.2 cm³/mol. The molecule has 17 heavy (non-hydrogen) atoms. The molecule has 0 saturated heterocycles. The van der Waals surface area contributed by atoms with Gasteiger partial charge in [0.15, 0.2) is 5.69 Å². The van der Waals surface area contributed by atoms with Crippen LogP contribution < -0.4 is 4.74 Å². The highest BCUT2D eigenvalue weighted by Gasteiger charge is 2.09. The summed E-state index contributed by atoms with van der Waals surface area (Å²) < 4.78 is 10.5. The maximum Gasteiger partial charge on any atom is 0.357 e. The van der Waals surface area contributed by atoms with Crippen LogP contribution in [0.5, 0.6) is 5.75 Å². The molecule has 0 spiro atoms. The van der Waals surface area contributed by atoms with Gasteiger partial charge in [-0.3, -0.25) is 0 Å². The molecule has 1 heterocycles. The highest BCUT2D eigenvalue weighted by atomic mass is 16.5. The van der Waals surface area contributed by atoms with Gasteiger partial charge in [-0.25, -0.2) is 9.78 Å². The third kappa shape index (κ3) is 4.85. The number of hydrogen-bond acceptors (Lipinski definition) is 4. The minimum atomic E-state index is -0.396. The van der Waals surface area contributed by atoms with Gasteiger partial charge < -0.3 is 9.47 Å². The molecule has 0 radical (unpaired) electrons. The molecule has 1 aromatic rings. The summed E-state index contributed by atoms with van der Waals surface area (Å²) in [5, 5.41) is 0. The fraction of sp³-hybridized carbons (Fsp3) is 0.538. The standard InChI is InChI=1S/C13H19NO3/c1-3-5-9-16-11-6-7-14-12(10-11)13(15)17-8-4-2/h6-7,10H,3-5,8-9H2,1-2H3. The number of hydrogen-bond donors (Lipinski definition) is 0. The average molecular weight is 237 g/mol. The van der Waals surface area contributed by atoms with Crippen LogP contribution in [0, 0.1) is 0 Å². The van der Waals surface area contributed by atoms with E-state index in [1.165, 1.54) is 0 Å². The SMILES string of the molecule is CCCCOc1ccnc(C(=O)OCCC)c1. The maximum absolute atomic E-state index is 11.5. The van der Waals surface area contributed by atoms with Gasteiger partial charge in [0.05, 0.1) is 13.2 Å². The number of carbonyl (C=O) groups excluding carboxylic acids is 1. The van der Waals surface area contributed by atoms with Crippen LogP contribution in [0.25, 0.3) is 0 Å². The first kappa shape index (κ1) is 13.5. The largest absolute Gasteiger partial charge is 0.493 e. The minimum Gasteiger partial charge on any atom is -0.493 e. The summed E-state index contributed by atoms with van der Waals surface area (Å²) >= 11 is 0. The Morgan fingerprint density at radius 3 is 2.82 bits per heavy atom. The fourth-order valence-electron chi connectivity index (χ4n) is 1.22. The van der Waals surface area contributed by atoms with Gasteiger partial charge in [0.2, 0.25) is 0 Å². The number of pyridine rings is 1. The minimum absolute atomic E-state index is 0.299. The lowest BCUT2D eigenvalue weighted by atomic mass is 10.3. The summed E-state index contributed by atoms with van der Waals surface area (Å²) in [4.78, 5) is 15.5. The molecule has 0 saturated carbocycles. The topological polar surface area (TPSA) is 48.4 Å². The van der Waals surface area contributed by atoms with Gasteiger partial charge in [0.25, 0.3) is 0 Å². The second-order valence-corrected chi connectivity index (χ2v) is 3.71. The van der Waals surface area contributed by atoms with E-state index in [0.717, 1.165) is 19.3 Å². The van der Waals surface area contributed by atoms with Crippen molar-refractivity contribution in [3.8, 4) is 5.75 Å². The van der Waals surface area contributed by atoms with E-state index in [1.807, 2.05) is 6.92 Å². The molecule has 0 aliphatic rings. The number of carbonyl (C=O) groups is 1. The van der Waals surface area contributed by atoms with Gasteiger partial charge >= 0.3 is 5.97 Å². The molecule has 0 aliphatic carbocycles. The van der Waals surface area contributed by atoms with Crippen molar-refractivity contribution >= 4 is 5.97 Å². The first-order chi connectivity index (χ1) is 8.27. The number of unbranched alkanes of at least 4 members (excludes halogenated alkanes) is 1. The Morgan fingerprint density at radius 2 is 2.12 bits per heavy atom. The van der Waals surface area contributed by atoms with E-state index < -0.39 is 5.97 Å². The third-order valence-corrected chi connectivity index (χ3v) is 2.14. The zero-order valence-electron chi connectivity index (χ0n) is 10.4. The normalized spacial score (nSPS) is 10.0. The maximum atomic E-state index is 11.5. The Kier molecular flexibility index (Phi) is 6.07. The van der Waals surface area contributed by atoms with Crippen molar-refractivity contribution in [2.75, 3.05) is 13.2 Å². The summed E-state index contributed by atoms with van der Waals surface area (Å²) in [6, 6.07) is 3.36. The molecule has 0 aliphatic heterocycles. The van der Waals surface area contributed by atoms with Gasteiger partial charge in [0, 0.05) is 12.3 Å². The smallest absolute Gasteiger partial charge is 0.357 e. The first-order valence-electron chi connectivity index (χ1n) is 6.04. The molecule has 1 aromatic heterocycles. The molecule has 0 atom stereocenters. The van der Waals surface area contributed by atoms with Gasteiger partial charge in [-0.15, -0.1) is 0 Å². The molecule has 0 bridgehead atoms. The zero-order chi connectivity index (χ0) is 12.5. The lowest BCUT2D eigenvalue weighted by Gasteiger charge is -2.06. The molecule has 4 nitrogen and oxygen atoms in total. The Labute approximate surface area is 102 Å². The average Bonchev–Trinajstić information content (AvgIpc) is 2.36. The number of aromatic nitrogens is 1. The molecule has 94 valence electrons. The van der Waals surface area contributed by atoms with Crippen molar-refractivity contribution in [1.29, 1.82) is 0 Å². The fourth-order valence-corrected chi connectivity index (χ4v) is 1.22. The van der Waals surface area contributed by atoms with Crippen molar-refractivity contribution in [2.24, 2.45) is 0 Å². The molecular weight excluding hydrogens is 218 g/mol. The van der Waals surface area contributed by atoms with Crippen LogP contribution in [0.3, 0.4) is 0 Å². The van der Waals surface area contributed by atoms with E-state index in [-0.39, 0.29) is 0 Å². The lowest BCUT2D eigenvalue weighted by Crippen LogP contribution is -2.08. The zero-order valence-corrected chi connectivity index (χ0v) is 10.4. The highest BCUT2D eigenvalue weighted by molar-refractivity contribution is 5.87. The third-order valence-electron chi connectivity index (χ3n) is 2.14. The summed E-state index contributed by atoms with van der Waals surface area (Å²) in [5.41, 5.74) is 0.299. The van der Waals surface area contributed by atoms with Gasteiger partial charge in [0.1, 0.15) is 5.75 Å². The Balaban J connectivity index is 2.55. The van der Waals surface area contributed by atoms with E-state index in [4.69, 9.17) is 9.47 Å². The monoisotopic (exact) mass is 237 g/mol. The van der Waals surface area contributed by atoms with E-state index in [1.54, 1.807) is 18.3 Å². The second-order valence-electron chi connectivity index (χ2n) is 3.71. The summed E-state index contributed by atoms with van der Waals surface area (Å²) in [7, 11) is 0. The van der Waals surface area contributed by atoms with Crippen molar-refractivity contribution in [3.63, 3.8) is 0 Å². The van der Waals surface area contributed by atoms with E-state index >= 15 is 0 Å². The molecule has 4 heteroatoms. The summed E-state index contributed by atoms with van der Waals surface area (Å²) in [5.74, 6) is 0.268. The van der Waals surface area contributed by atoms with Crippen molar-refractivity contribution in [3.05, 3.63) is 24.0 Å². The Hall–Kier alpha value is -1.58. The molecule has 0 unspecified atom stereocenters. The summed E-state index contributed by atoms with van der Waals surface area (Å²) in [6.07, 6.45) is 4.44.